The second-order valence-corrected chi connectivity index (χ2v) is 14.4. The van der Waals surface area contributed by atoms with Gasteiger partial charge in [-0.05, 0) is 18.2 Å². The van der Waals surface area contributed by atoms with E-state index in [0.29, 0.717) is 123 Å². The molecule has 0 aliphatic heterocycles. The highest BCUT2D eigenvalue weighted by atomic mass is 16.2. The van der Waals surface area contributed by atoms with Gasteiger partial charge in [-0.1, -0.05) is 109 Å². The molecule has 0 saturated carbocycles. The Bertz CT molecular complexity index is 2460. The lowest BCUT2D eigenvalue weighted by Crippen LogP contribution is -2.37. The molecule has 0 heterocycles. The third kappa shape index (κ3) is 6.20. The minimum Gasteiger partial charge on any atom is -0.383 e. The summed E-state index contributed by atoms with van der Waals surface area (Å²) in [5.41, 5.74) is 6.19. The molecule has 6 aromatic rings. The highest BCUT2D eigenvalue weighted by Crippen LogP contribution is 2.34. The average Bonchev–Trinajstić information content (AvgIpc) is 3.26. The van der Waals surface area contributed by atoms with Crippen molar-refractivity contribution < 1.29 is 28.8 Å². The Morgan fingerprint density at radius 2 is 0.534 bits per heavy atom. The van der Waals surface area contributed by atoms with Crippen molar-refractivity contribution in [2.75, 3.05) is 55.2 Å². The summed E-state index contributed by atoms with van der Waals surface area (Å²) < 4.78 is 0. The van der Waals surface area contributed by atoms with E-state index in [4.69, 9.17) is 0 Å². The van der Waals surface area contributed by atoms with Gasteiger partial charge in [-0.3, -0.25) is 33.7 Å². The van der Waals surface area contributed by atoms with E-state index in [9.17, 15) is 28.8 Å². The van der Waals surface area contributed by atoms with Crippen LogP contribution in [0.4, 0.5) is 17.1 Å². The topological polar surface area (TPSA) is 142 Å². The highest BCUT2D eigenvalue weighted by molar-refractivity contribution is 6.32. The van der Waals surface area contributed by atoms with Crippen molar-refractivity contribution in [2.24, 2.45) is 0 Å². The molecule has 6 aromatic carbocycles. The van der Waals surface area contributed by atoms with Crippen LogP contribution in [0.1, 0.15) is 95.5 Å². The highest BCUT2D eigenvalue weighted by Gasteiger charge is 2.34. The fourth-order valence-corrected chi connectivity index (χ4v) is 8.26. The number of hydrogen-bond donors (Lipinski definition) is 3. The van der Waals surface area contributed by atoms with E-state index in [-0.39, 0.29) is 34.7 Å². The SMILES string of the molecule is O=C1c2ccccc2C(=O)c2c(NCCN(CCNc3cccc4c3C(=O)c3ccccc3C4=O)CCNc3cccc4c3C(=O)c3ccccc3C4=O)cccc21. The number of rotatable bonds is 12. The van der Waals surface area contributed by atoms with Crippen LogP contribution in [0.3, 0.4) is 0 Å². The van der Waals surface area contributed by atoms with E-state index in [2.05, 4.69) is 20.9 Å². The molecule has 3 N–H and O–H groups in total. The minimum atomic E-state index is -0.206. The van der Waals surface area contributed by atoms with Crippen LogP contribution in [-0.4, -0.2) is 78.9 Å². The second kappa shape index (κ2) is 15.0. The van der Waals surface area contributed by atoms with Crippen molar-refractivity contribution in [3.63, 3.8) is 0 Å². The number of hydrogen-bond acceptors (Lipinski definition) is 10. The number of carbonyl (C=O) groups is 6. The van der Waals surface area contributed by atoms with E-state index in [1.54, 1.807) is 127 Å². The molecule has 0 radical (unpaired) electrons. The van der Waals surface area contributed by atoms with Crippen molar-refractivity contribution >= 4 is 51.8 Å². The van der Waals surface area contributed by atoms with Crippen LogP contribution in [0.2, 0.25) is 0 Å². The predicted octanol–water partition coefficient (Wildman–Crippen LogP) is 6.95. The zero-order valence-electron chi connectivity index (χ0n) is 31.3. The number of anilines is 3. The lowest BCUT2D eigenvalue weighted by Gasteiger charge is -2.26. The largest absolute Gasteiger partial charge is 0.383 e. The molecule has 0 amide bonds. The molecule has 284 valence electrons. The normalized spacial score (nSPS) is 13.6. The predicted molar refractivity (Wildman–Crippen MR) is 221 cm³/mol. The first-order valence-electron chi connectivity index (χ1n) is 19.2. The van der Waals surface area contributed by atoms with Gasteiger partial charge in [-0.25, -0.2) is 0 Å². The number of nitrogens with zero attached hydrogens (tertiary/aromatic N) is 1. The first-order chi connectivity index (χ1) is 28.3. The van der Waals surface area contributed by atoms with Gasteiger partial charge < -0.3 is 16.0 Å². The van der Waals surface area contributed by atoms with Gasteiger partial charge in [0, 0.05) is 106 Å². The molecule has 0 atom stereocenters. The number of ketones is 6. The van der Waals surface area contributed by atoms with Crippen molar-refractivity contribution in [3.8, 4) is 0 Å². The average molecular weight is 765 g/mol. The summed E-state index contributed by atoms with van der Waals surface area (Å²) in [5, 5.41) is 10.2. The van der Waals surface area contributed by atoms with Crippen molar-refractivity contribution in [2.45, 2.75) is 0 Å². The van der Waals surface area contributed by atoms with Gasteiger partial charge in [-0.2, -0.15) is 0 Å². The molecule has 3 aliphatic rings. The van der Waals surface area contributed by atoms with Gasteiger partial charge in [0.25, 0.3) is 0 Å². The molecule has 0 aromatic heterocycles. The third-order valence-electron chi connectivity index (χ3n) is 11.1. The Labute approximate surface area is 333 Å². The lowest BCUT2D eigenvalue weighted by molar-refractivity contribution is 0.0979. The summed E-state index contributed by atoms with van der Waals surface area (Å²) in [6.45, 7) is 2.82. The van der Waals surface area contributed by atoms with Crippen LogP contribution in [-0.2, 0) is 0 Å². The third-order valence-corrected chi connectivity index (χ3v) is 11.1. The maximum atomic E-state index is 13.6. The fourth-order valence-electron chi connectivity index (χ4n) is 8.26. The monoisotopic (exact) mass is 764 g/mol. The summed E-state index contributed by atoms with van der Waals surface area (Å²) in [5.74, 6) is -1.18. The van der Waals surface area contributed by atoms with Crippen molar-refractivity contribution in [3.05, 3.63) is 194 Å². The molecular formula is C48H36N4O6. The molecule has 0 fully saturated rings. The molecular weight excluding hydrogens is 729 g/mol. The Morgan fingerprint density at radius 1 is 0.293 bits per heavy atom. The smallest absolute Gasteiger partial charge is 0.196 e. The summed E-state index contributed by atoms with van der Waals surface area (Å²) in [6, 6.07) is 36.3. The molecule has 10 heteroatoms. The van der Waals surface area contributed by atoms with Gasteiger partial charge in [0.05, 0.1) is 16.7 Å². The molecule has 0 spiro atoms. The van der Waals surface area contributed by atoms with Gasteiger partial charge in [0.1, 0.15) is 0 Å². The Morgan fingerprint density at radius 3 is 0.810 bits per heavy atom. The first-order valence-corrected chi connectivity index (χ1v) is 19.2. The Hall–Kier alpha value is -7.30. The molecule has 10 nitrogen and oxygen atoms in total. The summed E-state index contributed by atoms with van der Waals surface area (Å²) in [4.78, 5) is 83.2. The van der Waals surface area contributed by atoms with Crippen molar-refractivity contribution in [1.82, 2.24) is 4.90 Å². The molecule has 0 saturated heterocycles. The van der Waals surface area contributed by atoms with E-state index < -0.39 is 0 Å². The summed E-state index contributed by atoms with van der Waals surface area (Å²) >= 11 is 0. The Balaban J connectivity index is 0.931. The molecule has 58 heavy (non-hydrogen) atoms. The first kappa shape index (κ1) is 36.3. The van der Waals surface area contributed by atoms with Gasteiger partial charge >= 0.3 is 0 Å². The number of nitrogens with one attached hydrogen (secondary N) is 3. The van der Waals surface area contributed by atoms with Gasteiger partial charge in [0.15, 0.2) is 34.7 Å². The molecule has 3 aliphatic carbocycles. The standard InChI is InChI=1S/C48H36N4O6/c53-43-28-10-1-4-13-31(28)46(56)40-34(43)16-7-19-37(40)49-22-25-52(26-23-50-38-20-8-17-35-41(38)47(57)32-14-5-2-11-29(32)44(35)54)27-24-51-39-21-9-18-36-42(39)48(58)33-15-6-3-12-30(33)45(36)55/h1-21,49-51H,22-27H2. The van der Waals surface area contributed by atoms with Crippen LogP contribution < -0.4 is 16.0 Å². The summed E-state index contributed by atoms with van der Waals surface area (Å²) in [6.07, 6.45) is 0. The van der Waals surface area contributed by atoms with E-state index >= 15 is 0 Å². The molecule has 0 bridgehead atoms. The second-order valence-electron chi connectivity index (χ2n) is 14.4. The maximum Gasteiger partial charge on any atom is 0.196 e. The zero-order valence-corrected chi connectivity index (χ0v) is 31.3. The van der Waals surface area contributed by atoms with Crippen LogP contribution in [0, 0.1) is 0 Å². The molecule has 0 unspecified atom stereocenters. The Kier molecular flexibility index (Phi) is 9.39. The zero-order chi connectivity index (χ0) is 39.9. The van der Waals surface area contributed by atoms with Crippen molar-refractivity contribution in [1.29, 1.82) is 0 Å². The summed E-state index contributed by atoms with van der Waals surface area (Å²) in [7, 11) is 0. The quantitative estimate of drug-likeness (QED) is 0.120. The minimum absolute atomic E-state index is 0.189. The van der Waals surface area contributed by atoms with Crippen LogP contribution in [0.5, 0.6) is 0 Å². The van der Waals surface area contributed by atoms with Crippen LogP contribution in [0.25, 0.3) is 0 Å². The maximum absolute atomic E-state index is 13.6. The van der Waals surface area contributed by atoms with E-state index in [1.807, 2.05) is 0 Å². The number of carbonyl (C=O) groups excluding carboxylic acids is 6. The van der Waals surface area contributed by atoms with Gasteiger partial charge in [0.2, 0.25) is 0 Å². The van der Waals surface area contributed by atoms with E-state index in [0.717, 1.165) is 0 Å². The fraction of sp³-hybridized carbons (Fsp3) is 0.125. The van der Waals surface area contributed by atoms with Gasteiger partial charge in [-0.15, -0.1) is 0 Å². The van der Waals surface area contributed by atoms with Crippen LogP contribution >= 0.6 is 0 Å². The van der Waals surface area contributed by atoms with E-state index in [1.165, 1.54) is 0 Å². The number of fused-ring (bicyclic) bond motifs is 6. The number of benzene rings is 6. The molecule has 9 rings (SSSR count). The van der Waals surface area contributed by atoms with Crippen LogP contribution in [0.15, 0.2) is 127 Å². The lowest BCUT2D eigenvalue weighted by atomic mass is 9.83.